The van der Waals surface area contributed by atoms with Crippen LogP contribution in [0.3, 0.4) is 0 Å². The van der Waals surface area contributed by atoms with E-state index in [0.717, 1.165) is 0 Å². The first kappa shape index (κ1) is 27.3. The minimum Gasteiger partial charge on any atom is -0.494 e. The second-order valence-corrected chi connectivity index (χ2v) is 7.72. The monoisotopic (exact) mass is 488 g/mol. The van der Waals surface area contributed by atoms with Crippen LogP contribution in [0.2, 0.25) is 0 Å². The molecule has 2 aromatic rings. The van der Waals surface area contributed by atoms with Crippen molar-refractivity contribution in [1.82, 2.24) is 5.32 Å². The van der Waals surface area contributed by atoms with Crippen molar-refractivity contribution in [2.24, 2.45) is 5.92 Å². The smallest absolute Gasteiger partial charge is 0.329 e. The summed E-state index contributed by atoms with van der Waals surface area (Å²) in [5, 5.41) is 5.28. The van der Waals surface area contributed by atoms with Crippen LogP contribution >= 0.6 is 0 Å². The summed E-state index contributed by atoms with van der Waals surface area (Å²) in [5.74, 6) is -0.276. The van der Waals surface area contributed by atoms with Crippen molar-refractivity contribution in [3.8, 4) is 23.0 Å². The lowest BCUT2D eigenvalue weighted by Gasteiger charge is -2.21. The van der Waals surface area contributed by atoms with Gasteiger partial charge < -0.3 is 34.3 Å². The number of hydrogen-bond acceptors (Lipinski definition) is 8. The van der Waals surface area contributed by atoms with Gasteiger partial charge in [0.15, 0.2) is 18.1 Å². The summed E-state index contributed by atoms with van der Waals surface area (Å²) in [6, 6.07) is 8.72. The minimum absolute atomic E-state index is 0.271. The summed E-state index contributed by atoms with van der Waals surface area (Å²) in [5.41, 5.74) is 0.733. The Hall–Kier alpha value is -3.95. The van der Waals surface area contributed by atoms with Crippen LogP contribution in [0.25, 0.3) is 0 Å². The van der Waals surface area contributed by atoms with Crippen molar-refractivity contribution in [2.75, 3.05) is 39.9 Å². The molecule has 1 atom stereocenters. The largest absolute Gasteiger partial charge is 0.494 e. The Bertz CT molecular complexity index is 996. The molecule has 0 unspecified atom stereocenters. The molecule has 2 rings (SSSR count). The maximum Gasteiger partial charge on any atom is 0.329 e. The summed E-state index contributed by atoms with van der Waals surface area (Å²) in [6.45, 7) is 5.36. The number of carbonyl (C=O) groups excluding carboxylic acids is 3. The number of ether oxygens (including phenoxy) is 5. The fourth-order valence-electron chi connectivity index (χ4n) is 3.17. The van der Waals surface area contributed by atoms with Gasteiger partial charge in [0.1, 0.15) is 11.8 Å². The van der Waals surface area contributed by atoms with Gasteiger partial charge in [-0.15, -0.1) is 0 Å². The summed E-state index contributed by atoms with van der Waals surface area (Å²) >= 11 is 0. The van der Waals surface area contributed by atoms with E-state index in [4.69, 9.17) is 23.7 Å². The molecule has 0 spiro atoms. The quantitative estimate of drug-likeness (QED) is 0.437. The highest BCUT2D eigenvalue weighted by molar-refractivity contribution is 5.97. The Morgan fingerprint density at radius 1 is 0.914 bits per heavy atom. The average Bonchev–Trinajstić information content (AvgIpc) is 2.85. The predicted octanol–water partition coefficient (Wildman–Crippen LogP) is 3.05. The molecule has 0 aliphatic carbocycles. The van der Waals surface area contributed by atoms with E-state index in [2.05, 4.69) is 10.6 Å². The van der Waals surface area contributed by atoms with Gasteiger partial charge in [0.2, 0.25) is 5.75 Å². The number of esters is 1. The molecule has 0 bridgehead atoms. The molecule has 2 N–H and O–H groups in total. The number of anilines is 1. The van der Waals surface area contributed by atoms with Crippen LogP contribution in [0.4, 0.5) is 5.69 Å². The Morgan fingerprint density at radius 3 is 2.00 bits per heavy atom. The second-order valence-electron chi connectivity index (χ2n) is 7.72. The molecule has 0 aliphatic heterocycles. The molecule has 2 aromatic carbocycles. The molecule has 0 aliphatic rings. The Balaban J connectivity index is 1.99. The normalized spacial score (nSPS) is 11.3. The highest BCUT2D eigenvalue weighted by Crippen LogP contribution is 2.39. The van der Waals surface area contributed by atoms with E-state index in [9.17, 15) is 14.4 Å². The van der Waals surface area contributed by atoms with Crippen LogP contribution in [-0.2, 0) is 14.3 Å². The molecule has 0 heterocycles. The number of rotatable bonds is 12. The summed E-state index contributed by atoms with van der Waals surface area (Å²) < 4.78 is 26.3. The molecule has 0 saturated heterocycles. The zero-order chi connectivity index (χ0) is 26.0. The summed E-state index contributed by atoms with van der Waals surface area (Å²) in [7, 11) is 4.38. The lowest BCUT2D eigenvalue weighted by Crippen LogP contribution is -2.45. The molecular formula is C25H32N2O8. The fourth-order valence-corrected chi connectivity index (χ4v) is 3.17. The topological polar surface area (TPSA) is 121 Å². The van der Waals surface area contributed by atoms with Gasteiger partial charge in [-0.1, -0.05) is 13.8 Å². The fraction of sp³-hybridized carbons (Fsp3) is 0.400. The van der Waals surface area contributed by atoms with Crippen molar-refractivity contribution in [3.05, 3.63) is 42.0 Å². The molecule has 0 radical (unpaired) electrons. The molecule has 0 saturated carbocycles. The van der Waals surface area contributed by atoms with E-state index in [1.165, 1.54) is 21.3 Å². The minimum atomic E-state index is -0.942. The predicted molar refractivity (Wildman–Crippen MR) is 129 cm³/mol. The molecule has 35 heavy (non-hydrogen) atoms. The van der Waals surface area contributed by atoms with Gasteiger partial charge in [-0.25, -0.2) is 4.79 Å². The molecule has 10 heteroatoms. The second kappa shape index (κ2) is 13.1. The number of amides is 2. The third kappa shape index (κ3) is 7.53. The zero-order valence-corrected chi connectivity index (χ0v) is 20.8. The van der Waals surface area contributed by atoms with Crippen LogP contribution in [0.5, 0.6) is 23.0 Å². The third-order valence-corrected chi connectivity index (χ3v) is 4.93. The first-order valence-electron chi connectivity index (χ1n) is 11.0. The Morgan fingerprint density at radius 2 is 1.51 bits per heavy atom. The van der Waals surface area contributed by atoms with Crippen LogP contribution in [0, 0.1) is 5.92 Å². The van der Waals surface area contributed by atoms with Crippen LogP contribution < -0.4 is 29.6 Å². The van der Waals surface area contributed by atoms with Crippen LogP contribution in [-0.4, -0.2) is 58.4 Å². The summed E-state index contributed by atoms with van der Waals surface area (Å²) in [4.78, 5) is 37.6. The van der Waals surface area contributed by atoms with Gasteiger partial charge in [0.25, 0.3) is 11.8 Å². The maximum absolute atomic E-state index is 12.6. The number of carbonyl (C=O) groups is 3. The highest BCUT2D eigenvalue weighted by atomic mass is 16.5. The Kier molecular flexibility index (Phi) is 10.2. The van der Waals surface area contributed by atoms with Gasteiger partial charge >= 0.3 is 5.97 Å². The van der Waals surface area contributed by atoms with E-state index in [-0.39, 0.29) is 5.92 Å². The SMILES string of the molecule is CCOc1ccc(C(=O)N[C@H](C(=O)OCC(=O)Nc2cc(OC)c(OC)c(OC)c2)C(C)C)cc1. The maximum atomic E-state index is 12.6. The summed E-state index contributed by atoms with van der Waals surface area (Å²) in [6.07, 6.45) is 0. The molecule has 0 aromatic heterocycles. The first-order valence-corrected chi connectivity index (χ1v) is 11.0. The van der Waals surface area contributed by atoms with Gasteiger partial charge in [-0.3, -0.25) is 9.59 Å². The third-order valence-electron chi connectivity index (χ3n) is 4.93. The van der Waals surface area contributed by atoms with Crippen LogP contribution in [0.1, 0.15) is 31.1 Å². The van der Waals surface area contributed by atoms with Crippen molar-refractivity contribution in [1.29, 1.82) is 0 Å². The average molecular weight is 489 g/mol. The number of nitrogens with one attached hydrogen (secondary N) is 2. The van der Waals surface area contributed by atoms with E-state index < -0.39 is 30.4 Å². The van der Waals surface area contributed by atoms with Gasteiger partial charge in [0.05, 0.1) is 27.9 Å². The standard InChI is InChI=1S/C25H32N2O8/c1-7-34-18-10-8-16(9-11-18)24(29)27-22(15(2)3)25(30)35-14-21(28)26-17-12-19(31-4)23(33-6)20(13-17)32-5/h8-13,15,22H,7,14H2,1-6H3,(H,26,28)(H,27,29)/t22-/m0/s1. The molecule has 190 valence electrons. The van der Waals surface area contributed by atoms with Gasteiger partial charge in [0, 0.05) is 23.4 Å². The van der Waals surface area contributed by atoms with Crippen molar-refractivity contribution in [2.45, 2.75) is 26.8 Å². The lowest BCUT2D eigenvalue weighted by atomic mass is 10.0. The number of benzene rings is 2. The van der Waals surface area contributed by atoms with Crippen molar-refractivity contribution < 1.29 is 38.1 Å². The van der Waals surface area contributed by atoms with E-state index in [1.54, 1.807) is 50.2 Å². The molecule has 2 amide bonds. The van der Waals surface area contributed by atoms with E-state index >= 15 is 0 Å². The van der Waals surface area contributed by atoms with Crippen LogP contribution in [0.15, 0.2) is 36.4 Å². The van der Waals surface area contributed by atoms with Crippen molar-refractivity contribution >= 4 is 23.5 Å². The number of methoxy groups -OCH3 is 3. The van der Waals surface area contributed by atoms with E-state index in [1.807, 2.05) is 6.92 Å². The van der Waals surface area contributed by atoms with Gasteiger partial charge in [-0.2, -0.15) is 0 Å². The van der Waals surface area contributed by atoms with Crippen molar-refractivity contribution in [3.63, 3.8) is 0 Å². The van der Waals surface area contributed by atoms with E-state index in [0.29, 0.717) is 40.9 Å². The number of hydrogen-bond donors (Lipinski definition) is 2. The lowest BCUT2D eigenvalue weighted by molar-refractivity contribution is -0.150. The molecule has 0 fully saturated rings. The first-order chi connectivity index (χ1) is 16.7. The zero-order valence-electron chi connectivity index (χ0n) is 20.8. The molecule has 10 nitrogen and oxygen atoms in total. The van der Waals surface area contributed by atoms with Gasteiger partial charge in [-0.05, 0) is 37.1 Å². The molecular weight excluding hydrogens is 456 g/mol. The Labute approximate surface area is 204 Å². The highest BCUT2D eigenvalue weighted by Gasteiger charge is 2.27.